The molecule has 0 N–H and O–H groups in total. The molecule has 0 aliphatic carbocycles. The maximum Gasteiger partial charge on any atom is 0.325 e. The van der Waals surface area contributed by atoms with Crippen molar-refractivity contribution in [3.8, 4) is 0 Å². The van der Waals surface area contributed by atoms with Crippen molar-refractivity contribution in [3.05, 3.63) is 33.7 Å². The Kier molecular flexibility index (Phi) is 3.60. The second-order valence-electron chi connectivity index (χ2n) is 3.41. The highest BCUT2D eigenvalue weighted by Crippen LogP contribution is 2.00. The standard InChI is InChI=1S/C11H13NO4/c1-7-4-5-9(8(2)13)11(15)12(7)6-10(14)16-3/h4-5H,6H2,1-3H3. The van der Waals surface area contributed by atoms with Crippen LogP contribution in [0.2, 0.25) is 0 Å². The molecule has 1 aromatic rings. The lowest BCUT2D eigenvalue weighted by Crippen LogP contribution is -2.30. The van der Waals surface area contributed by atoms with Crippen molar-refractivity contribution in [1.82, 2.24) is 4.57 Å². The van der Waals surface area contributed by atoms with Crippen molar-refractivity contribution < 1.29 is 14.3 Å². The van der Waals surface area contributed by atoms with E-state index in [1.54, 1.807) is 13.0 Å². The smallest absolute Gasteiger partial charge is 0.325 e. The predicted molar refractivity (Wildman–Crippen MR) is 57.5 cm³/mol. The number of methoxy groups -OCH3 is 1. The molecular weight excluding hydrogens is 210 g/mol. The van der Waals surface area contributed by atoms with E-state index >= 15 is 0 Å². The fourth-order valence-electron chi connectivity index (χ4n) is 1.33. The minimum absolute atomic E-state index is 0.0782. The molecule has 0 spiro atoms. The number of hydrogen-bond donors (Lipinski definition) is 0. The van der Waals surface area contributed by atoms with E-state index in [0.717, 1.165) is 0 Å². The van der Waals surface area contributed by atoms with Crippen molar-refractivity contribution in [1.29, 1.82) is 0 Å². The zero-order chi connectivity index (χ0) is 12.3. The van der Waals surface area contributed by atoms with Crippen LogP contribution >= 0.6 is 0 Å². The largest absolute Gasteiger partial charge is 0.468 e. The first-order valence-electron chi connectivity index (χ1n) is 4.75. The Hall–Kier alpha value is -1.91. The van der Waals surface area contributed by atoms with Gasteiger partial charge >= 0.3 is 5.97 Å². The summed E-state index contributed by atoms with van der Waals surface area (Å²) in [5.74, 6) is -0.838. The quantitative estimate of drug-likeness (QED) is 0.554. The monoisotopic (exact) mass is 223 g/mol. The third kappa shape index (κ3) is 2.36. The molecule has 0 saturated carbocycles. The summed E-state index contributed by atoms with van der Waals surface area (Å²) in [5, 5.41) is 0. The fraction of sp³-hybridized carbons (Fsp3) is 0.364. The summed E-state index contributed by atoms with van der Waals surface area (Å²) in [7, 11) is 1.25. The van der Waals surface area contributed by atoms with Crippen LogP contribution in [0, 0.1) is 6.92 Å². The van der Waals surface area contributed by atoms with Crippen LogP contribution < -0.4 is 5.56 Å². The van der Waals surface area contributed by atoms with Gasteiger partial charge in [0.15, 0.2) is 5.78 Å². The topological polar surface area (TPSA) is 65.4 Å². The molecule has 0 amide bonds. The lowest BCUT2D eigenvalue weighted by Gasteiger charge is -2.09. The van der Waals surface area contributed by atoms with E-state index in [0.29, 0.717) is 5.69 Å². The number of hydrogen-bond acceptors (Lipinski definition) is 4. The zero-order valence-electron chi connectivity index (χ0n) is 9.44. The number of ketones is 1. The lowest BCUT2D eigenvalue weighted by atomic mass is 10.2. The van der Waals surface area contributed by atoms with Gasteiger partial charge in [-0.3, -0.25) is 14.4 Å². The molecule has 0 radical (unpaired) electrons. The van der Waals surface area contributed by atoms with Crippen molar-refractivity contribution in [2.24, 2.45) is 0 Å². The van der Waals surface area contributed by atoms with Crippen LogP contribution in [0.1, 0.15) is 23.0 Å². The predicted octanol–water partition coefficient (Wildman–Crippen LogP) is 0.532. The summed E-state index contributed by atoms with van der Waals surface area (Å²) in [5.41, 5.74) is 0.229. The molecule has 1 rings (SSSR count). The Bertz CT molecular complexity index is 487. The molecule has 0 aliphatic heterocycles. The summed E-state index contributed by atoms with van der Waals surface area (Å²) in [4.78, 5) is 34.1. The highest BCUT2D eigenvalue weighted by molar-refractivity contribution is 5.93. The van der Waals surface area contributed by atoms with Crippen LogP contribution in [0.25, 0.3) is 0 Å². The Balaban J connectivity index is 3.27. The summed E-state index contributed by atoms with van der Waals surface area (Å²) in [6.07, 6.45) is 0. The van der Waals surface area contributed by atoms with E-state index in [2.05, 4.69) is 4.74 Å². The summed E-state index contributed by atoms with van der Waals surface area (Å²) in [6.45, 7) is 2.82. The average Bonchev–Trinajstić information content (AvgIpc) is 2.23. The van der Waals surface area contributed by atoms with E-state index in [9.17, 15) is 14.4 Å². The number of esters is 1. The van der Waals surface area contributed by atoms with Gasteiger partial charge in [-0.25, -0.2) is 0 Å². The number of Topliss-reactive ketones (excluding diaryl/α,β-unsaturated/α-hetero) is 1. The first kappa shape index (κ1) is 12.2. The molecule has 0 atom stereocenters. The second kappa shape index (κ2) is 4.74. The van der Waals surface area contributed by atoms with Crippen LogP contribution in [-0.2, 0) is 16.1 Å². The average molecular weight is 223 g/mol. The number of ether oxygens (including phenoxy) is 1. The Morgan fingerprint density at radius 1 is 1.38 bits per heavy atom. The van der Waals surface area contributed by atoms with Crippen molar-refractivity contribution >= 4 is 11.8 Å². The molecule has 5 heteroatoms. The highest BCUT2D eigenvalue weighted by atomic mass is 16.5. The van der Waals surface area contributed by atoms with E-state index in [1.807, 2.05) is 0 Å². The third-order valence-corrected chi connectivity index (χ3v) is 2.29. The molecule has 1 aromatic heterocycles. The number of rotatable bonds is 3. The van der Waals surface area contributed by atoms with Crippen LogP contribution in [0.3, 0.4) is 0 Å². The van der Waals surface area contributed by atoms with Crippen molar-refractivity contribution in [3.63, 3.8) is 0 Å². The van der Waals surface area contributed by atoms with Gasteiger partial charge in [0, 0.05) is 5.69 Å². The van der Waals surface area contributed by atoms with Gasteiger partial charge in [-0.15, -0.1) is 0 Å². The molecule has 16 heavy (non-hydrogen) atoms. The number of aryl methyl sites for hydroxylation is 1. The molecule has 0 aromatic carbocycles. The van der Waals surface area contributed by atoms with Crippen molar-refractivity contribution in [2.75, 3.05) is 7.11 Å². The summed E-state index contributed by atoms with van der Waals surface area (Å²) in [6, 6.07) is 3.09. The van der Waals surface area contributed by atoms with Crippen LogP contribution in [0.5, 0.6) is 0 Å². The second-order valence-corrected chi connectivity index (χ2v) is 3.41. The maximum absolute atomic E-state index is 11.8. The van der Waals surface area contributed by atoms with Gasteiger partial charge < -0.3 is 9.30 Å². The number of nitrogens with zero attached hydrogens (tertiary/aromatic N) is 1. The third-order valence-electron chi connectivity index (χ3n) is 2.29. The summed E-state index contributed by atoms with van der Waals surface area (Å²) >= 11 is 0. The molecular formula is C11H13NO4. The normalized spacial score (nSPS) is 9.94. The van der Waals surface area contributed by atoms with E-state index < -0.39 is 11.5 Å². The van der Waals surface area contributed by atoms with E-state index in [-0.39, 0.29) is 17.9 Å². The zero-order valence-corrected chi connectivity index (χ0v) is 9.44. The molecule has 0 fully saturated rings. The molecule has 0 unspecified atom stereocenters. The molecule has 1 heterocycles. The van der Waals surface area contributed by atoms with Crippen LogP contribution in [0.15, 0.2) is 16.9 Å². The van der Waals surface area contributed by atoms with Gasteiger partial charge in [-0.2, -0.15) is 0 Å². The molecule has 0 aliphatic rings. The fourth-order valence-corrected chi connectivity index (χ4v) is 1.33. The SMILES string of the molecule is COC(=O)Cn1c(C)ccc(C(C)=O)c1=O. The maximum atomic E-state index is 11.8. The molecule has 0 saturated heterocycles. The minimum Gasteiger partial charge on any atom is -0.468 e. The number of aromatic nitrogens is 1. The molecule has 86 valence electrons. The van der Waals surface area contributed by atoms with E-state index in [4.69, 9.17) is 0 Å². The minimum atomic E-state index is -0.522. The molecule has 0 bridgehead atoms. The highest BCUT2D eigenvalue weighted by Gasteiger charge is 2.12. The Morgan fingerprint density at radius 2 is 2.00 bits per heavy atom. The van der Waals surface area contributed by atoms with Gasteiger partial charge in [-0.1, -0.05) is 0 Å². The lowest BCUT2D eigenvalue weighted by molar-refractivity contribution is -0.141. The Labute approximate surface area is 92.6 Å². The first-order chi connectivity index (χ1) is 7.47. The van der Waals surface area contributed by atoms with Gasteiger partial charge in [-0.05, 0) is 26.0 Å². The van der Waals surface area contributed by atoms with Crippen LogP contribution in [-0.4, -0.2) is 23.4 Å². The van der Waals surface area contributed by atoms with E-state index in [1.165, 1.54) is 24.7 Å². The van der Waals surface area contributed by atoms with Crippen LogP contribution in [0.4, 0.5) is 0 Å². The number of carbonyl (C=O) groups excluding carboxylic acids is 2. The van der Waals surface area contributed by atoms with Gasteiger partial charge in [0.1, 0.15) is 6.54 Å². The van der Waals surface area contributed by atoms with Gasteiger partial charge in [0.2, 0.25) is 0 Å². The van der Waals surface area contributed by atoms with Crippen molar-refractivity contribution in [2.45, 2.75) is 20.4 Å². The number of pyridine rings is 1. The van der Waals surface area contributed by atoms with Gasteiger partial charge in [0.25, 0.3) is 5.56 Å². The van der Waals surface area contributed by atoms with Gasteiger partial charge in [0.05, 0.1) is 12.7 Å². The first-order valence-corrected chi connectivity index (χ1v) is 4.75. The Morgan fingerprint density at radius 3 is 2.50 bits per heavy atom. The number of carbonyl (C=O) groups is 2. The summed E-state index contributed by atoms with van der Waals surface area (Å²) < 4.78 is 5.71. The molecule has 5 nitrogen and oxygen atoms in total.